The number of carboxylic acids is 1. The SMILES string of the molecule is N#Cc1cc(Br)ccc1N1CCC(C(=O)O)CC1. The maximum Gasteiger partial charge on any atom is 0.306 e. The lowest BCUT2D eigenvalue weighted by molar-refractivity contribution is -0.142. The molecule has 0 radical (unpaired) electrons. The molecule has 94 valence electrons. The van der Waals surface area contributed by atoms with Crippen molar-refractivity contribution in [1.29, 1.82) is 5.26 Å². The fourth-order valence-corrected chi connectivity index (χ4v) is 2.60. The zero-order chi connectivity index (χ0) is 13.1. The molecule has 0 aromatic heterocycles. The zero-order valence-electron chi connectivity index (χ0n) is 9.77. The van der Waals surface area contributed by atoms with Crippen LogP contribution in [0.2, 0.25) is 0 Å². The van der Waals surface area contributed by atoms with Crippen molar-refractivity contribution in [3.05, 3.63) is 28.2 Å². The molecule has 0 atom stereocenters. The standard InChI is InChI=1S/C13H13BrN2O2/c14-11-1-2-12(10(7-11)8-15)16-5-3-9(4-6-16)13(17)18/h1-2,7,9H,3-6H2,(H,17,18). The molecule has 4 nitrogen and oxygen atoms in total. The molecule has 1 heterocycles. The number of rotatable bonds is 2. The predicted molar refractivity (Wildman–Crippen MR) is 71.4 cm³/mol. The van der Waals surface area contributed by atoms with Gasteiger partial charge < -0.3 is 10.0 Å². The molecule has 0 amide bonds. The van der Waals surface area contributed by atoms with Gasteiger partial charge in [-0.15, -0.1) is 0 Å². The summed E-state index contributed by atoms with van der Waals surface area (Å²) in [6.07, 6.45) is 1.27. The van der Waals surface area contributed by atoms with Crippen molar-refractivity contribution in [3.8, 4) is 6.07 Å². The third kappa shape index (κ3) is 2.65. The Bertz CT molecular complexity index is 502. The van der Waals surface area contributed by atoms with Crippen LogP contribution < -0.4 is 4.90 Å². The number of nitriles is 1. The molecule has 0 spiro atoms. The highest BCUT2D eigenvalue weighted by Crippen LogP contribution is 2.28. The second kappa shape index (κ2) is 5.40. The van der Waals surface area contributed by atoms with E-state index in [1.165, 1.54) is 0 Å². The van der Waals surface area contributed by atoms with Crippen molar-refractivity contribution in [2.45, 2.75) is 12.8 Å². The highest BCUT2D eigenvalue weighted by Gasteiger charge is 2.25. The number of aliphatic carboxylic acids is 1. The molecule has 1 aromatic rings. The van der Waals surface area contributed by atoms with Gasteiger partial charge in [0.05, 0.1) is 17.2 Å². The molecule has 1 N–H and O–H groups in total. The van der Waals surface area contributed by atoms with Crippen LogP contribution in [0.4, 0.5) is 5.69 Å². The van der Waals surface area contributed by atoms with E-state index < -0.39 is 5.97 Å². The van der Waals surface area contributed by atoms with Crippen LogP contribution in [0.5, 0.6) is 0 Å². The smallest absolute Gasteiger partial charge is 0.306 e. The Morgan fingerprint density at radius 2 is 2.11 bits per heavy atom. The maximum absolute atomic E-state index is 10.9. The molecule has 2 rings (SSSR count). The van der Waals surface area contributed by atoms with Crippen LogP contribution in [0.15, 0.2) is 22.7 Å². The summed E-state index contributed by atoms with van der Waals surface area (Å²) in [6.45, 7) is 1.38. The Labute approximate surface area is 114 Å². The number of piperidine rings is 1. The Morgan fingerprint density at radius 3 is 2.67 bits per heavy atom. The van der Waals surface area contributed by atoms with Crippen molar-refractivity contribution >= 4 is 27.6 Å². The third-order valence-corrected chi connectivity index (χ3v) is 3.76. The molecule has 1 aromatic carbocycles. The van der Waals surface area contributed by atoms with Crippen LogP contribution in [0, 0.1) is 17.2 Å². The molecular weight excluding hydrogens is 296 g/mol. The molecule has 0 unspecified atom stereocenters. The first-order chi connectivity index (χ1) is 8.61. The molecule has 5 heteroatoms. The first kappa shape index (κ1) is 12.9. The number of hydrogen-bond acceptors (Lipinski definition) is 3. The molecular formula is C13H13BrN2O2. The number of benzene rings is 1. The lowest BCUT2D eigenvalue weighted by Crippen LogP contribution is -2.36. The summed E-state index contributed by atoms with van der Waals surface area (Å²) in [4.78, 5) is 13.0. The molecule has 0 aliphatic carbocycles. The molecule has 0 saturated carbocycles. The predicted octanol–water partition coefficient (Wildman–Crippen LogP) is 2.62. The van der Waals surface area contributed by atoms with Crippen LogP contribution in [0.1, 0.15) is 18.4 Å². The largest absolute Gasteiger partial charge is 0.481 e. The van der Waals surface area contributed by atoms with E-state index in [0.29, 0.717) is 31.5 Å². The molecule has 18 heavy (non-hydrogen) atoms. The molecule has 1 saturated heterocycles. The lowest BCUT2D eigenvalue weighted by atomic mass is 9.96. The Hall–Kier alpha value is -1.54. The second-order valence-corrected chi connectivity index (χ2v) is 5.29. The van der Waals surface area contributed by atoms with Crippen molar-refractivity contribution < 1.29 is 9.90 Å². The van der Waals surface area contributed by atoms with Crippen LogP contribution in [0.3, 0.4) is 0 Å². The summed E-state index contributed by atoms with van der Waals surface area (Å²) < 4.78 is 0.878. The minimum Gasteiger partial charge on any atom is -0.481 e. The minimum absolute atomic E-state index is 0.248. The van der Waals surface area contributed by atoms with E-state index in [1.54, 1.807) is 6.07 Å². The fourth-order valence-electron chi connectivity index (χ4n) is 2.24. The first-order valence-corrected chi connectivity index (χ1v) is 6.58. The Morgan fingerprint density at radius 1 is 1.44 bits per heavy atom. The maximum atomic E-state index is 10.9. The Balaban J connectivity index is 2.15. The van der Waals surface area contributed by atoms with Crippen molar-refractivity contribution in [2.75, 3.05) is 18.0 Å². The molecule has 1 aliphatic rings. The van der Waals surface area contributed by atoms with E-state index in [9.17, 15) is 4.79 Å². The number of hydrogen-bond donors (Lipinski definition) is 1. The summed E-state index contributed by atoms with van der Waals surface area (Å²) in [5, 5.41) is 18.1. The summed E-state index contributed by atoms with van der Waals surface area (Å²) in [5.41, 5.74) is 1.52. The van der Waals surface area contributed by atoms with Gasteiger partial charge in [-0.05, 0) is 31.0 Å². The van der Waals surface area contributed by atoms with Gasteiger partial charge in [-0.1, -0.05) is 15.9 Å². The summed E-state index contributed by atoms with van der Waals surface area (Å²) >= 11 is 3.34. The van der Waals surface area contributed by atoms with E-state index in [2.05, 4.69) is 26.9 Å². The lowest BCUT2D eigenvalue weighted by Gasteiger charge is -2.32. The topological polar surface area (TPSA) is 64.3 Å². The summed E-state index contributed by atoms with van der Waals surface area (Å²) in [7, 11) is 0. The normalized spacial score (nSPS) is 16.3. The fraction of sp³-hybridized carbons (Fsp3) is 0.385. The van der Waals surface area contributed by atoms with Gasteiger partial charge in [-0.3, -0.25) is 4.79 Å². The summed E-state index contributed by atoms with van der Waals surface area (Å²) in [5.74, 6) is -0.965. The van der Waals surface area contributed by atoms with Crippen LogP contribution >= 0.6 is 15.9 Å². The van der Waals surface area contributed by atoms with Gasteiger partial charge in [0, 0.05) is 17.6 Å². The van der Waals surface area contributed by atoms with Gasteiger partial charge in [-0.2, -0.15) is 5.26 Å². The van der Waals surface area contributed by atoms with Crippen LogP contribution in [0.25, 0.3) is 0 Å². The number of carbonyl (C=O) groups is 1. The quantitative estimate of drug-likeness (QED) is 0.912. The number of nitrogens with zero attached hydrogens (tertiary/aromatic N) is 2. The first-order valence-electron chi connectivity index (χ1n) is 5.79. The van der Waals surface area contributed by atoms with E-state index in [-0.39, 0.29) is 5.92 Å². The van der Waals surface area contributed by atoms with Crippen LogP contribution in [-0.4, -0.2) is 24.2 Å². The highest BCUT2D eigenvalue weighted by molar-refractivity contribution is 9.10. The van der Waals surface area contributed by atoms with E-state index in [1.807, 2.05) is 12.1 Å². The second-order valence-electron chi connectivity index (χ2n) is 4.37. The average molecular weight is 309 g/mol. The third-order valence-electron chi connectivity index (χ3n) is 3.26. The van der Waals surface area contributed by atoms with E-state index in [4.69, 9.17) is 10.4 Å². The van der Waals surface area contributed by atoms with Crippen molar-refractivity contribution in [2.24, 2.45) is 5.92 Å². The van der Waals surface area contributed by atoms with Gasteiger partial charge in [0.15, 0.2) is 0 Å². The van der Waals surface area contributed by atoms with Crippen LogP contribution in [-0.2, 0) is 4.79 Å². The van der Waals surface area contributed by atoms with E-state index in [0.717, 1.165) is 10.2 Å². The van der Waals surface area contributed by atoms with E-state index >= 15 is 0 Å². The van der Waals surface area contributed by atoms with Gasteiger partial charge >= 0.3 is 5.97 Å². The number of carboxylic acid groups (broad SMARTS) is 1. The zero-order valence-corrected chi connectivity index (χ0v) is 11.4. The summed E-state index contributed by atoms with van der Waals surface area (Å²) in [6, 6.07) is 7.78. The van der Waals surface area contributed by atoms with Gasteiger partial charge in [-0.25, -0.2) is 0 Å². The Kier molecular flexibility index (Phi) is 3.87. The molecule has 0 bridgehead atoms. The minimum atomic E-state index is -0.717. The van der Waals surface area contributed by atoms with Crippen molar-refractivity contribution in [1.82, 2.24) is 0 Å². The van der Waals surface area contributed by atoms with Gasteiger partial charge in [0.25, 0.3) is 0 Å². The van der Waals surface area contributed by atoms with Gasteiger partial charge in [0.1, 0.15) is 6.07 Å². The molecule has 1 aliphatic heterocycles. The van der Waals surface area contributed by atoms with Crippen molar-refractivity contribution in [3.63, 3.8) is 0 Å². The number of anilines is 1. The number of halogens is 1. The average Bonchev–Trinajstić information content (AvgIpc) is 2.38. The highest BCUT2D eigenvalue weighted by atomic mass is 79.9. The molecule has 1 fully saturated rings. The van der Waals surface area contributed by atoms with Gasteiger partial charge in [0.2, 0.25) is 0 Å². The monoisotopic (exact) mass is 308 g/mol.